The maximum Gasteiger partial charge on any atom is 0.186 e. The largest absolute Gasteiger partial charge is 0.385 e. The van der Waals surface area contributed by atoms with Gasteiger partial charge in [0.05, 0.1) is 6.61 Å². The van der Waals surface area contributed by atoms with Gasteiger partial charge in [-0.3, -0.25) is 0 Å². The van der Waals surface area contributed by atoms with Crippen molar-refractivity contribution in [3.63, 3.8) is 0 Å². The van der Waals surface area contributed by atoms with Crippen molar-refractivity contribution in [2.45, 2.75) is 30.7 Å². The molecule has 6 heteroatoms. The Labute approximate surface area is 95.4 Å². The minimum absolute atomic E-state index is 0.326. The minimum atomic E-state index is -0.881. The summed E-state index contributed by atoms with van der Waals surface area (Å²) in [4.78, 5) is 0. The third-order valence-electron chi connectivity index (χ3n) is 2.72. The van der Waals surface area contributed by atoms with Gasteiger partial charge in [0.2, 0.25) is 0 Å². The van der Waals surface area contributed by atoms with Gasteiger partial charge < -0.3 is 28.8 Å². The van der Waals surface area contributed by atoms with E-state index in [1.807, 2.05) is 0 Å². The van der Waals surface area contributed by atoms with E-state index in [-0.39, 0.29) is 12.2 Å². The van der Waals surface area contributed by atoms with Crippen molar-refractivity contribution in [2.75, 3.05) is 35.0 Å². The van der Waals surface area contributed by atoms with Crippen LogP contribution in [0.1, 0.15) is 0 Å². The van der Waals surface area contributed by atoms with Gasteiger partial charge in [-0.1, -0.05) is 0 Å². The van der Waals surface area contributed by atoms with E-state index in [2.05, 4.69) is 0 Å². The predicted octanol–water partition coefficient (Wildman–Crippen LogP) is -0.605. The molecule has 0 aliphatic carbocycles. The Balaban J connectivity index is 2.77. The van der Waals surface area contributed by atoms with Crippen LogP contribution in [0.2, 0.25) is 0 Å². The fourth-order valence-electron chi connectivity index (χ4n) is 1.94. The molecule has 1 aliphatic rings. The zero-order valence-corrected chi connectivity index (χ0v) is 10.1. The van der Waals surface area contributed by atoms with Gasteiger partial charge in [-0.15, -0.1) is 0 Å². The highest BCUT2D eigenvalue weighted by Gasteiger charge is 2.46. The third kappa shape index (κ3) is 2.71. The molecule has 1 aliphatic heterocycles. The summed E-state index contributed by atoms with van der Waals surface area (Å²) >= 11 is 0. The highest BCUT2D eigenvalue weighted by atomic mass is 16.7. The Morgan fingerprint density at radius 2 is 1.62 bits per heavy atom. The lowest BCUT2D eigenvalue weighted by Gasteiger charge is -2.42. The summed E-state index contributed by atoms with van der Waals surface area (Å²) in [5.41, 5.74) is 0. The first-order chi connectivity index (χ1) is 7.69. The van der Waals surface area contributed by atoms with Crippen molar-refractivity contribution in [1.82, 2.24) is 0 Å². The first-order valence-electron chi connectivity index (χ1n) is 5.10. The average molecular weight is 236 g/mol. The zero-order valence-electron chi connectivity index (χ0n) is 10.1. The van der Waals surface area contributed by atoms with E-state index in [4.69, 9.17) is 23.7 Å². The van der Waals surface area contributed by atoms with Crippen LogP contribution >= 0.6 is 0 Å². The molecule has 5 atom stereocenters. The molecule has 1 N–H and O–H groups in total. The van der Waals surface area contributed by atoms with Gasteiger partial charge in [0.15, 0.2) is 6.29 Å². The Morgan fingerprint density at radius 1 is 1.00 bits per heavy atom. The molecule has 96 valence electrons. The van der Waals surface area contributed by atoms with E-state index in [9.17, 15) is 5.11 Å². The van der Waals surface area contributed by atoms with E-state index < -0.39 is 18.5 Å². The maximum absolute atomic E-state index is 9.92. The number of ether oxygens (including phenoxy) is 5. The number of hydrogen-bond donors (Lipinski definition) is 1. The molecular formula is C10H20O6. The molecule has 0 amide bonds. The standard InChI is InChI=1S/C10H20O6/c1-12-5-6-8(13-2)9(14-3)7(11)10(15-4)16-6/h6-11H,5H2,1-4H3. The van der Waals surface area contributed by atoms with Crippen molar-refractivity contribution in [2.24, 2.45) is 0 Å². The van der Waals surface area contributed by atoms with Crippen molar-refractivity contribution < 1.29 is 28.8 Å². The number of hydrogen-bond acceptors (Lipinski definition) is 6. The van der Waals surface area contributed by atoms with Crippen LogP contribution < -0.4 is 0 Å². The molecule has 0 spiro atoms. The molecule has 1 fully saturated rings. The number of aliphatic hydroxyl groups is 1. The lowest BCUT2D eigenvalue weighted by Crippen LogP contribution is -2.60. The fourth-order valence-corrected chi connectivity index (χ4v) is 1.94. The molecule has 1 rings (SSSR count). The fraction of sp³-hybridized carbons (Fsp3) is 1.00. The summed E-state index contributed by atoms with van der Waals surface area (Å²) in [6.07, 6.45) is -2.81. The Morgan fingerprint density at radius 3 is 2.06 bits per heavy atom. The van der Waals surface area contributed by atoms with Crippen molar-refractivity contribution in [3.05, 3.63) is 0 Å². The Bertz CT molecular complexity index is 196. The number of methoxy groups -OCH3 is 4. The minimum Gasteiger partial charge on any atom is -0.385 e. The first-order valence-corrected chi connectivity index (χ1v) is 5.10. The molecule has 16 heavy (non-hydrogen) atoms. The van der Waals surface area contributed by atoms with Crippen LogP contribution in [0.15, 0.2) is 0 Å². The molecule has 0 aromatic heterocycles. The quantitative estimate of drug-likeness (QED) is 0.687. The van der Waals surface area contributed by atoms with Crippen LogP contribution in [0.25, 0.3) is 0 Å². The van der Waals surface area contributed by atoms with Gasteiger partial charge in [0, 0.05) is 28.4 Å². The van der Waals surface area contributed by atoms with E-state index in [1.165, 1.54) is 14.2 Å². The van der Waals surface area contributed by atoms with Crippen molar-refractivity contribution >= 4 is 0 Å². The average Bonchev–Trinajstić information content (AvgIpc) is 2.30. The molecule has 0 bridgehead atoms. The van der Waals surface area contributed by atoms with Gasteiger partial charge in [0.25, 0.3) is 0 Å². The second-order valence-corrected chi connectivity index (χ2v) is 3.63. The van der Waals surface area contributed by atoms with E-state index in [0.717, 1.165) is 0 Å². The summed E-state index contributed by atoms with van der Waals surface area (Å²) in [5, 5.41) is 9.92. The molecule has 1 heterocycles. The van der Waals surface area contributed by atoms with Crippen LogP contribution in [0.4, 0.5) is 0 Å². The smallest absolute Gasteiger partial charge is 0.186 e. The highest BCUT2D eigenvalue weighted by Crippen LogP contribution is 2.25. The normalized spacial score (nSPS) is 39.9. The maximum atomic E-state index is 9.92. The Hall–Kier alpha value is -0.240. The SMILES string of the molecule is COCC1OC(OC)C(O)C(OC)C1OC. The summed E-state index contributed by atoms with van der Waals surface area (Å²) in [6.45, 7) is 0.352. The summed E-state index contributed by atoms with van der Waals surface area (Å²) in [7, 11) is 6.10. The highest BCUT2D eigenvalue weighted by molar-refractivity contribution is 4.91. The number of aliphatic hydroxyl groups excluding tert-OH is 1. The van der Waals surface area contributed by atoms with E-state index >= 15 is 0 Å². The molecule has 0 saturated carbocycles. The molecule has 6 nitrogen and oxygen atoms in total. The molecule has 0 radical (unpaired) electrons. The van der Waals surface area contributed by atoms with Gasteiger partial charge in [-0.05, 0) is 0 Å². The monoisotopic (exact) mass is 236 g/mol. The summed E-state index contributed by atoms with van der Waals surface area (Å²) in [6, 6.07) is 0. The molecule has 1 saturated heterocycles. The van der Waals surface area contributed by atoms with Gasteiger partial charge in [-0.25, -0.2) is 0 Å². The first kappa shape index (κ1) is 13.8. The molecule has 0 aromatic carbocycles. The van der Waals surface area contributed by atoms with E-state index in [0.29, 0.717) is 6.61 Å². The van der Waals surface area contributed by atoms with Gasteiger partial charge in [-0.2, -0.15) is 0 Å². The second kappa shape index (κ2) is 6.48. The van der Waals surface area contributed by atoms with Crippen LogP contribution in [-0.2, 0) is 23.7 Å². The van der Waals surface area contributed by atoms with Crippen LogP contribution in [0.3, 0.4) is 0 Å². The van der Waals surface area contributed by atoms with Crippen molar-refractivity contribution in [3.8, 4) is 0 Å². The van der Waals surface area contributed by atoms with Crippen LogP contribution in [0.5, 0.6) is 0 Å². The second-order valence-electron chi connectivity index (χ2n) is 3.63. The van der Waals surface area contributed by atoms with E-state index in [1.54, 1.807) is 14.2 Å². The lowest BCUT2D eigenvalue weighted by molar-refractivity contribution is -0.302. The zero-order chi connectivity index (χ0) is 12.1. The van der Waals surface area contributed by atoms with Gasteiger partial charge >= 0.3 is 0 Å². The topological polar surface area (TPSA) is 66.4 Å². The predicted molar refractivity (Wildman–Crippen MR) is 55.1 cm³/mol. The van der Waals surface area contributed by atoms with Crippen LogP contribution in [0, 0.1) is 0 Å². The lowest BCUT2D eigenvalue weighted by atomic mass is 9.99. The molecular weight excluding hydrogens is 216 g/mol. The van der Waals surface area contributed by atoms with Crippen molar-refractivity contribution in [1.29, 1.82) is 0 Å². The third-order valence-corrected chi connectivity index (χ3v) is 2.72. The summed E-state index contributed by atoms with van der Waals surface area (Å²) < 4.78 is 26.1. The van der Waals surface area contributed by atoms with Crippen LogP contribution in [-0.4, -0.2) is 70.9 Å². The molecule has 5 unspecified atom stereocenters. The van der Waals surface area contributed by atoms with Gasteiger partial charge in [0.1, 0.15) is 24.4 Å². The number of rotatable bonds is 5. The molecule has 0 aromatic rings. The summed E-state index contributed by atoms with van der Waals surface area (Å²) in [5.74, 6) is 0. The Kier molecular flexibility index (Phi) is 5.60.